The van der Waals surface area contributed by atoms with Gasteiger partial charge in [-0.3, -0.25) is 15.0 Å². The molecule has 0 radical (unpaired) electrons. The highest BCUT2D eigenvalue weighted by Crippen LogP contribution is 2.40. The normalized spacial score (nSPS) is 14.8. The van der Waals surface area contributed by atoms with Crippen LogP contribution in [-0.2, 0) is 4.79 Å². The summed E-state index contributed by atoms with van der Waals surface area (Å²) >= 11 is 6.25. The number of amides is 2. The summed E-state index contributed by atoms with van der Waals surface area (Å²) in [5.41, 5.74) is 3.26. The van der Waals surface area contributed by atoms with Gasteiger partial charge in [0.05, 0.1) is 26.2 Å². The minimum atomic E-state index is -0.583. The molecule has 0 spiro atoms. The third-order valence-electron chi connectivity index (χ3n) is 4.10. The van der Waals surface area contributed by atoms with Crippen molar-refractivity contribution in [1.29, 1.82) is 0 Å². The molecule has 0 aromatic heterocycles. The number of carbonyl (C=O) groups is 2. The average Bonchev–Trinajstić information content (AvgIpc) is 3.00. The van der Waals surface area contributed by atoms with Crippen LogP contribution in [-0.4, -0.2) is 42.5 Å². The van der Waals surface area contributed by atoms with E-state index in [9.17, 15) is 14.0 Å². The van der Waals surface area contributed by atoms with E-state index in [0.717, 1.165) is 28.9 Å². The lowest BCUT2D eigenvalue weighted by molar-refractivity contribution is -0.123. The molecule has 0 unspecified atom stereocenters. The van der Waals surface area contributed by atoms with Crippen LogP contribution in [0.2, 0.25) is 0 Å². The second kappa shape index (κ2) is 9.14. The summed E-state index contributed by atoms with van der Waals surface area (Å²) < 4.78 is 29.1. The molecular formula is C20H17FN2O5S2. The van der Waals surface area contributed by atoms with Gasteiger partial charge in [-0.1, -0.05) is 11.8 Å². The molecule has 1 fully saturated rings. The maximum Gasteiger partial charge on any atom is 0.285 e. The number of hydrogen-bond acceptors (Lipinski definition) is 7. The van der Waals surface area contributed by atoms with Gasteiger partial charge >= 0.3 is 0 Å². The highest BCUT2D eigenvalue weighted by Gasteiger charge is 2.34. The van der Waals surface area contributed by atoms with Crippen molar-refractivity contribution in [3.05, 3.63) is 58.2 Å². The number of halogens is 1. The highest BCUT2D eigenvalue weighted by atomic mass is 32.2. The van der Waals surface area contributed by atoms with E-state index < -0.39 is 17.6 Å². The van der Waals surface area contributed by atoms with E-state index in [-0.39, 0.29) is 9.88 Å². The zero-order valence-electron chi connectivity index (χ0n) is 16.2. The first-order valence-electron chi connectivity index (χ1n) is 8.52. The number of thiocarbonyl (C=S) groups is 1. The van der Waals surface area contributed by atoms with Crippen LogP contribution in [0.3, 0.4) is 0 Å². The molecule has 1 saturated heterocycles. The molecule has 0 saturated carbocycles. The van der Waals surface area contributed by atoms with Crippen molar-refractivity contribution in [2.24, 2.45) is 0 Å². The SMILES string of the molecule is COc1cc(/C=C2/SC(=S)N(NC(=O)c3ccc(F)cc3)C2=O)cc(OC)c1OC. The van der Waals surface area contributed by atoms with Gasteiger partial charge in [0.1, 0.15) is 5.82 Å². The lowest BCUT2D eigenvalue weighted by atomic mass is 10.1. The average molecular weight is 448 g/mol. The van der Waals surface area contributed by atoms with Gasteiger partial charge in [-0.2, -0.15) is 5.01 Å². The molecule has 1 N–H and O–H groups in total. The molecule has 0 atom stereocenters. The Morgan fingerprint density at radius 3 is 2.23 bits per heavy atom. The Bertz CT molecular complexity index is 1010. The van der Waals surface area contributed by atoms with Gasteiger partial charge in [0, 0.05) is 5.56 Å². The molecule has 2 aromatic rings. The van der Waals surface area contributed by atoms with Crippen molar-refractivity contribution in [3.8, 4) is 17.2 Å². The van der Waals surface area contributed by atoms with Crippen LogP contribution in [0, 0.1) is 5.82 Å². The monoisotopic (exact) mass is 448 g/mol. The molecule has 0 aliphatic carbocycles. The summed E-state index contributed by atoms with van der Waals surface area (Å²) in [6, 6.07) is 8.31. The van der Waals surface area contributed by atoms with Crippen LogP contribution in [0.1, 0.15) is 15.9 Å². The Morgan fingerprint density at radius 1 is 1.10 bits per heavy atom. The van der Waals surface area contributed by atoms with Gasteiger partial charge in [0.25, 0.3) is 11.8 Å². The maximum absolute atomic E-state index is 13.0. The summed E-state index contributed by atoms with van der Waals surface area (Å²) in [6.07, 6.45) is 1.60. The molecule has 0 bridgehead atoms. The van der Waals surface area contributed by atoms with Crippen LogP contribution in [0.25, 0.3) is 6.08 Å². The van der Waals surface area contributed by atoms with E-state index >= 15 is 0 Å². The molecule has 7 nitrogen and oxygen atoms in total. The van der Waals surface area contributed by atoms with E-state index in [4.69, 9.17) is 26.4 Å². The minimum absolute atomic E-state index is 0.161. The van der Waals surface area contributed by atoms with Crippen LogP contribution in [0.5, 0.6) is 17.2 Å². The van der Waals surface area contributed by atoms with Gasteiger partial charge < -0.3 is 14.2 Å². The Labute approximate surface area is 181 Å². The van der Waals surface area contributed by atoms with Gasteiger partial charge in [-0.25, -0.2) is 4.39 Å². The predicted molar refractivity (Wildman–Crippen MR) is 115 cm³/mol. The van der Waals surface area contributed by atoms with Gasteiger partial charge in [0.15, 0.2) is 15.8 Å². The molecule has 1 aliphatic heterocycles. The minimum Gasteiger partial charge on any atom is -0.493 e. The molecule has 1 aliphatic rings. The fourth-order valence-electron chi connectivity index (χ4n) is 2.67. The summed E-state index contributed by atoms with van der Waals surface area (Å²) in [5, 5.41) is 0.982. The van der Waals surface area contributed by atoms with E-state index in [1.54, 1.807) is 18.2 Å². The van der Waals surface area contributed by atoms with Gasteiger partial charge in [-0.15, -0.1) is 0 Å². The smallest absolute Gasteiger partial charge is 0.285 e. The number of rotatable bonds is 6. The number of hydrazine groups is 1. The number of hydrogen-bond donors (Lipinski definition) is 1. The van der Waals surface area contributed by atoms with E-state index in [2.05, 4.69) is 5.43 Å². The maximum atomic E-state index is 13.0. The molecule has 156 valence electrons. The summed E-state index contributed by atoms with van der Waals surface area (Å²) in [6.45, 7) is 0. The molecule has 2 aromatic carbocycles. The summed E-state index contributed by atoms with van der Waals surface area (Å²) in [4.78, 5) is 25.4. The van der Waals surface area contributed by atoms with Crippen molar-refractivity contribution >= 4 is 46.2 Å². The Hall–Kier alpha value is -3.11. The Morgan fingerprint density at radius 2 is 1.70 bits per heavy atom. The fourth-order valence-corrected chi connectivity index (χ4v) is 3.85. The van der Waals surface area contributed by atoms with E-state index in [1.165, 1.54) is 33.5 Å². The number of benzene rings is 2. The molecule has 1 heterocycles. The van der Waals surface area contributed by atoms with E-state index in [1.807, 2.05) is 0 Å². The number of methoxy groups -OCH3 is 3. The summed E-state index contributed by atoms with van der Waals surface area (Å²) in [5.74, 6) is -0.248. The lowest BCUT2D eigenvalue weighted by Crippen LogP contribution is -2.44. The van der Waals surface area contributed by atoms with Gasteiger partial charge in [0.2, 0.25) is 5.75 Å². The largest absolute Gasteiger partial charge is 0.493 e. The quantitative estimate of drug-likeness (QED) is 0.536. The van der Waals surface area contributed by atoms with E-state index in [0.29, 0.717) is 27.7 Å². The molecule has 3 rings (SSSR count). The molecule has 10 heteroatoms. The standard InChI is InChI=1S/C20H17FN2O5S2/c1-26-14-8-11(9-15(27-2)17(14)28-3)10-16-19(25)23(20(29)30-16)22-18(24)12-4-6-13(21)7-5-12/h4-10H,1-3H3,(H,22,24)/b16-10+. The molecule has 2 amide bonds. The predicted octanol–water partition coefficient (Wildman–Crippen LogP) is 3.40. The lowest BCUT2D eigenvalue weighted by Gasteiger charge is -2.15. The molecule has 30 heavy (non-hydrogen) atoms. The summed E-state index contributed by atoms with van der Waals surface area (Å²) in [7, 11) is 4.48. The fraction of sp³-hybridized carbons (Fsp3) is 0.150. The van der Waals surface area contributed by atoms with Crippen LogP contribution in [0.15, 0.2) is 41.3 Å². The number of thioether (sulfide) groups is 1. The highest BCUT2D eigenvalue weighted by molar-refractivity contribution is 8.26. The number of nitrogens with one attached hydrogen (secondary N) is 1. The number of carbonyl (C=O) groups excluding carboxylic acids is 2. The van der Waals surface area contributed by atoms with Crippen molar-refractivity contribution in [2.45, 2.75) is 0 Å². The second-order valence-electron chi connectivity index (χ2n) is 5.92. The van der Waals surface area contributed by atoms with Crippen LogP contribution < -0.4 is 19.6 Å². The van der Waals surface area contributed by atoms with Gasteiger partial charge in [-0.05, 0) is 60.3 Å². The van der Waals surface area contributed by atoms with Crippen molar-refractivity contribution < 1.29 is 28.2 Å². The van der Waals surface area contributed by atoms with Crippen molar-refractivity contribution in [1.82, 2.24) is 10.4 Å². The van der Waals surface area contributed by atoms with Crippen LogP contribution in [0.4, 0.5) is 4.39 Å². The molecular weight excluding hydrogens is 431 g/mol. The Balaban J connectivity index is 1.84. The third kappa shape index (κ3) is 4.39. The van der Waals surface area contributed by atoms with Crippen LogP contribution >= 0.6 is 24.0 Å². The second-order valence-corrected chi connectivity index (χ2v) is 7.60. The zero-order chi connectivity index (χ0) is 21.8. The number of ether oxygens (including phenoxy) is 3. The zero-order valence-corrected chi connectivity index (χ0v) is 17.9. The Kier molecular flexibility index (Phi) is 6.58. The van der Waals surface area contributed by atoms with Crippen molar-refractivity contribution in [2.75, 3.05) is 21.3 Å². The van der Waals surface area contributed by atoms with Crippen molar-refractivity contribution in [3.63, 3.8) is 0 Å². The number of nitrogens with zero attached hydrogens (tertiary/aromatic N) is 1. The third-order valence-corrected chi connectivity index (χ3v) is 5.40. The topological polar surface area (TPSA) is 77.1 Å². The first-order chi connectivity index (χ1) is 14.4. The first kappa shape index (κ1) is 21.6. The first-order valence-corrected chi connectivity index (χ1v) is 9.75.